The molecule has 214 valence electrons. The molecule has 1 aliphatic rings. The van der Waals surface area contributed by atoms with Gasteiger partial charge in [-0.25, -0.2) is 0 Å². The summed E-state index contributed by atoms with van der Waals surface area (Å²) in [6.45, 7) is 8.22. The van der Waals surface area contributed by atoms with Crippen LogP contribution in [0.3, 0.4) is 0 Å². The molecule has 1 aliphatic heterocycles. The van der Waals surface area contributed by atoms with Gasteiger partial charge in [0, 0.05) is 59.4 Å². The maximum atomic E-state index is 12.1. The van der Waals surface area contributed by atoms with Crippen LogP contribution in [0.4, 0.5) is 0 Å². The monoisotopic (exact) mass is 526 g/mol. The second kappa shape index (κ2) is 19.4. The number of nitrogens with two attached hydrogens (primary N) is 3. The summed E-state index contributed by atoms with van der Waals surface area (Å²) < 4.78 is 0. The summed E-state index contributed by atoms with van der Waals surface area (Å²) in [7, 11) is 1.68. The molecular formula is C23H50N12O2. The molecule has 0 aromatic heterocycles. The van der Waals surface area contributed by atoms with Crippen molar-refractivity contribution >= 4 is 23.7 Å². The van der Waals surface area contributed by atoms with Crippen molar-refractivity contribution in [3.05, 3.63) is 0 Å². The molecule has 2 amide bonds. The van der Waals surface area contributed by atoms with Crippen LogP contribution >= 0.6 is 0 Å². The van der Waals surface area contributed by atoms with Gasteiger partial charge in [-0.1, -0.05) is 0 Å². The van der Waals surface area contributed by atoms with Crippen molar-refractivity contribution in [2.75, 3.05) is 72.5 Å². The molecule has 0 aromatic rings. The van der Waals surface area contributed by atoms with E-state index in [-0.39, 0.29) is 23.7 Å². The summed E-state index contributed by atoms with van der Waals surface area (Å²) in [6, 6.07) is -1.07. The number of hydrogen-bond donors (Lipinski definition) is 10. The molecule has 0 aromatic carbocycles. The summed E-state index contributed by atoms with van der Waals surface area (Å²) in [6.07, 6.45) is 4.30. The lowest BCUT2D eigenvalue weighted by Crippen LogP contribution is -2.48. The Morgan fingerprint density at radius 3 is 1.54 bits per heavy atom. The minimum Gasteiger partial charge on any atom is -0.370 e. The summed E-state index contributed by atoms with van der Waals surface area (Å²) in [4.78, 5) is 29.0. The first-order valence-electron chi connectivity index (χ1n) is 13.3. The first kappa shape index (κ1) is 32.3. The molecule has 0 aliphatic carbocycles. The maximum Gasteiger partial charge on any atom is 0.236 e. The molecule has 2 atom stereocenters. The molecule has 13 N–H and O–H groups in total. The van der Waals surface area contributed by atoms with Crippen LogP contribution in [0, 0.1) is 10.8 Å². The van der Waals surface area contributed by atoms with E-state index in [1.54, 1.807) is 7.05 Å². The second-order valence-corrected chi connectivity index (χ2v) is 9.36. The third-order valence-electron chi connectivity index (χ3n) is 6.29. The van der Waals surface area contributed by atoms with Crippen molar-refractivity contribution in [1.82, 2.24) is 36.4 Å². The highest BCUT2D eigenvalue weighted by atomic mass is 16.2. The van der Waals surface area contributed by atoms with E-state index >= 15 is 0 Å². The lowest BCUT2D eigenvalue weighted by Gasteiger charge is -2.34. The van der Waals surface area contributed by atoms with Crippen LogP contribution < -0.4 is 43.8 Å². The molecule has 0 unspecified atom stereocenters. The minimum absolute atomic E-state index is 0.0757. The normalized spacial score (nSPS) is 15.9. The van der Waals surface area contributed by atoms with Gasteiger partial charge in [-0.15, -0.1) is 0 Å². The van der Waals surface area contributed by atoms with Gasteiger partial charge in [-0.3, -0.25) is 20.4 Å². The third kappa shape index (κ3) is 15.9. The number of rotatable bonds is 18. The number of hydrogen-bond acceptors (Lipinski definition) is 8. The Kier molecular flexibility index (Phi) is 17.0. The zero-order chi connectivity index (χ0) is 27.5. The number of carbonyl (C=O) groups excluding carboxylic acids is 2. The van der Waals surface area contributed by atoms with Crippen LogP contribution in [0.5, 0.6) is 0 Å². The van der Waals surface area contributed by atoms with Crippen molar-refractivity contribution in [3.8, 4) is 0 Å². The fraction of sp³-hybridized carbons (Fsp3) is 0.826. The largest absolute Gasteiger partial charge is 0.370 e. The molecule has 0 radical (unpaired) electrons. The predicted octanol–water partition coefficient (Wildman–Crippen LogP) is -2.94. The number of amides is 2. The Hall–Kier alpha value is -2.68. The Morgan fingerprint density at radius 1 is 0.730 bits per heavy atom. The molecule has 1 rings (SSSR count). The molecule has 1 fully saturated rings. The van der Waals surface area contributed by atoms with Crippen LogP contribution in [0.15, 0.2) is 0 Å². The standard InChI is InChI=1S/C23H50N12O2/c1-29-23(28)33-9-3-7-19(25)21(37)31-11-5-13-35-16-14-34(15-17-35)12-4-10-30-20(36)18(24)6-2-8-32-22(26)27/h18-19H,2-17,24-25H2,1H3,(H,30,36)(H,31,37)(H4,26,27,32)(H3,28,29,33)/t18-,19-/m0/s1. The van der Waals surface area contributed by atoms with Crippen LogP contribution in [0.1, 0.15) is 38.5 Å². The van der Waals surface area contributed by atoms with Crippen molar-refractivity contribution in [3.63, 3.8) is 0 Å². The van der Waals surface area contributed by atoms with E-state index in [1.807, 2.05) is 0 Å². The number of carbonyl (C=O) groups is 2. The summed E-state index contributed by atoms with van der Waals surface area (Å²) in [5, 5.41) is 28.7. The maximum absolute atomic E-state index is 12.1. The van der Waals surface area contributed by atoms with E-state index < -0.39 is 12.1 Å². The topological polar surface area (TPSA) is 227 Å². The van der Waals surface area contributed by atoms with Gasteiger partial charge in [0.05, 0.1) is 12.1 Å². The third-order valence-corrected chi connectivity index (χ3v) is 6.29. The molecule has 14 heteroatoms. The van der Waals surface area contributed by atoms with Gasteiger partial charge in [0.25, 0.3) is 0 Å². The van der Waals surface area contributed by atoms with Gasteiger partial charge in [0.2, 0.25) is 11.8 Å². The van der Waals surface area contributed by atoms with E-state index in [0.717, 1.165) is 58.5 Å². The van der Waals surface area contributed by atoms with Gasteiger partial charge in [-0.2, -0.15) is 0 Å². The van der Waals surface area contributed by atoms with Gasteiger partial charge in [0.1, 0.15) is 0 Å². The van der Waals surface area contributed by atoms with E-state index in [4.69, 9.17) is 28.0 Å². The van der Waals surface area contributed by atoms with Crippen LogP contribution in [0.2, 0.25) is 0 Å². The highest BCUT2D eigenvalue weighted by molar-refractivity contribution is 5.81. The molecule has 1 saturated heterocycles. The molecule has 0 bridgehead atoms. The lowest BCUT2D eigenvalue weighted by atomic mass is 10.1. The van der Waals surface area contributed by atoms with Gasteiger partial charge >= 0.3 is 0 Å². The highest BCUT2D eigenvalue weighted by Crippen LogP contribution is 2.03. The summed E-state index contributed by atoms with van der Waals surface area (Å²) >= 11 is 0. The Balaban J connectivity index is 2.02. The molecule has 37 heavy (non-hydrogen) atoms. The smallest absolute Gasteiger partial charge is 0.236 e. The first-order chi connectivity index (χ1) is 17.7. The molecule has 0 spiro atoms. The van der Waals surface area contributed by atoms with Gasteiger partial charge in [-0.05, 0) is 51.6 Å². The average Bonchev–Trinajstić information content (AvgIpc) is 2.89. The molecule has 0 saturated carbocycles. The van der Waals surface area contributed by atoms with Crippen molar-refractivity contribution < 1.29 is 9.59 Å². The number of nitrogens with zero attached hydrogens (tertiary/aromatic N) is 2. The van der Waals surface area contributed by atoms with Crippen LogP contribution in [0.25, 0.3) is 0 Å². The van der Waals surface area contributed by atoms with E-state index in [9.17, 15) is 9.59 Å². The highest BCUT2D eigenvalue weighted by Gasteiger charge is 2.17. The van der Waals surface area contributed by atoms with Crippen LogP contribution in [-0.2, 0) is 9.59 Å². The Labute approximate surface area is 221 Å². The fourth-order valence-corrected chi connectivity index (χ4v) is 3.96. The van der Waals surface area contributed by atoms with Crippen molar-refractivity contribution in [1.29, 1.82) is 10.8 Å². The predicted molar refractivity (Wildman–Crippen MR) is 147 cm³/mol. The zero-order valence-electron chi connectivity index (χ0n) is 22.4. The first-order valence-corrected chi connectivity index (χ1v) is 13.3. The van der Waals surface area contributed by atoms with Crippen molar-refractivity contribution in [2.45, 2.75) is 50.6 Å². The molecule has 14 nitrogen and oxygen atoms in total. The summed E-state index contributed by atoms with van der Waals surface area (Å²) in [5.41, 5.74) is 17.1. The Bertz CT molecular complexity index is 685. The van der Waals surface area contributed by atoms with Gasteiger partial charge in [0.15, 0.2) is 11.9 Å². The summed E-state index contributed by atoms with van der Waals surface area (Å²) in [5.74, 6) is -0.0696. The zero-order valence-corrected chi connectivity index (χ0v) is 22.4. The quantitative estimate of drug-likeness (QED) is 0.0496. The van der Waals surface area contributed by atoms with E-state index in [0.29, 0.717) is 45.4 Å². The number of guanidine groups is 2. The van der Waals surface area contributed by atoms with E-state index in [2.05, 4.69) is 36.4 Å². The number of piperazine rings is 1. The minimum atomic E-state index is -0.542. The van der Waals surface area contributed by atoms with Crippen molar-refractivity contribution in [2.24, 2.45) is 17.2 Å². The van der Waals surface area contributed by atoms with Gasteiger partial charge < -0.3 is 53.6 Å². The SMILES string of the molecule is CNC(=N)NCCC[C@H](N)C(=O)NCCCN1CCN(CCCNC(=O)[C@@H](N)CCCNC(=N)N)CC1. The molecule has 1 heterocycles. The second-order valence-electron chi connectivity index (χ2n) is 9.36. The Morgan fingerprint density at radius 2 is 1.14 bits per heavy atom. The van der Waals surface area contributed by atoms with Crippen LogP contribution in [-0.4, -0.2) is 118 Å². The molecular weight excluding hydrogens is 476 g/mol. The van der Waals surface area contributed by atoms with E-state index in [1.165, 1.54) is 0 Å². The average molecular weight is 527 g/mol. The number of nitrogens with one attached hydrogen (secondary N) is 7. The lowest BCUT2D eigenvalue weighted by molar-refractivity contribution is -0.123. The fourth-order valence-electron chi connectivity index (χ4n) is 3.96.